The zero-order chi connectivity index (χ0) is 28.7. The summed E-state index contributed by atoms with van der Waals surface area (Å²) in [6.07, 6.45) is -8.56. The molecule has 2 aromatic carbocycles. The molecule has 2 N–H and O–H groups in total. The van der Waals surface area contributed by atoms with E-state index in [1.807, 2.05) is 19.1 Å². The van der Waals surface area contributed by atoms with Crippen molar-refractivity contribution < 1.29 is 31.1 Å². The fourth-order valence-electron chi connectivity index (χ4n) is 4.56. The number of benzene rings is 2. The maximum atomic E-state index is 13.9. The van der Waals surface area contributed by atoms with Gasteiger partial charge in [-0.25, -0.2) is 0 Å². The van der Waals surface area contributed by atoms with E-state index in [1.165, 1.54) is 0 Å². The highest BCUT2D eigenvalue weighted by molar-refractivity contribution is 7.80. The van der Waals surface area contributed by atoms with Gasteiger partial charge in [0.25, 0.3) is 0 Å². The summed E-state index contributed by atoms with van der Waals surface area (Å²) in [6.45, 7) is 7.76. The topological polar surface area (TPSA) is 44.4 Å². The van der Waals surface area contributed by atoms with E-state index < -0.39 is 46.2 Å². The molecule has 1 aliphatic heterocycles. The van der Waals surface area contributed by atoms with E-state index in [0.717, 1.165) is 12.0 Å². The molecule has 208 valence electrons. The van der Waals surface area contributed by atoms with Crippen molar-refractivity contribution in [1.82, 2.24) is 10.2 Å². The molecular weight excluding hydrogens is 552 g/mol. The highest BCUT2D eigenvalue weighted by atomic mass is 35.5. The largest absolute Gasteiger partial charge is 0.416 e. The number of hydrogen-bond donors (Lipinski definition) is 2. The van der Waals surface area contributed by atoms with Crippen LogP contribution in [0.4, 0.5) is 32.0 Å². The molecule has 38 heavy (non-hydrogen) atoms. The Morgan fingerprint density at radius 3 is 2.00 bits per heavy atom. The van der Waals surface area contributed by atoms with Gasteiger partial charge in [-0.15, -0.1) is 0 Å². The van der Waals surface area contributed by atoms with E-state index in [2.05, 4.69) is 10.6 Å². The first-order valence-electron chi connectivity index (χ1n) is 11.8. The fourth-order valence-corrected chi connectivity index (χ4v) is 4.92. The lowest BCUT2D eigenvalue weighted by atomic mass is 9.83. The van der Waals surface area contributed by atoms with Crippen molar-refractivity contribution in [3.8, 4) is 0 Å². The number of carbonyl (C=O) groups excluding carboxylic acids is 1. The third kappa shape index (κ3) is 6.72. The highest BCUT2D eigenvalue weighted by Crippen LogP contribution is 2.41. The van der Waals surface area contributed by atoms with Gasteiger partial charge in [0.15, 0.2) is 5.11 Å². The highest BCUT2D eigenvalue weighted by Gasteiger charge is 2.46. The van der Waals surface area contributed by atoms with Crippen molar-refractivity contribution in [2.24, 2.45) is 5.41 Å². The van der Waals surface area contributed by atoms with Crippen LogP contribution in [0, 0.1) is 5.41 Å². The number of hydrogen-bond acceptors (Lipinski definition) is 2. The van der Waals surface area contributed by atoms with E-state index >= 15 is 0 Å². The van der Waals surface area contributed by atoms with Crippen LogP contribution in [0.15, 0.2) is 42.5 Å². The first-order chi connectivity index (χ1) is 17.3. The predicted octanol–water partition coefficient (Wildman–Crippen LogP) is 7.62. The van der Waals surface area contributed by atoms with Crippen molar-refractivity contribution in [3.63, 3.8) is 0 Å². The number of rotatable bonds is 4. The zero-order valence-electron chi connectivity index (χ0n) is 21.1. The second-order valence-electron chi connectivity index (χ2n) is 10.6. The minimum atomic E-state index is -5.00. The first kappa shape index (κ1) is 30.0. The standard InChI is InChI=1S/C26H28ClF6N3OS/c1-23(2,3)20(21(37)36-11-5-10-24(36,4)15-6-8-18(27)9-7-15)35-22(38)34-19-13-16(25(28,29)30)12-17(14-19)26(31,32)33/h6-9,12-14,20H,5,10-11H2,1-4H3,(H2,34,35,38)/t20-,24-/m1/s1. The Kier molecular flexibility index (Phi) is 8.34. The number of thiocarbonyl (C=S) groups is 1. The Hall–Kier alpha value is -2.53. The van der Waals surface area contributed by atoms with Gasteiger partial charge in [-0.1, -0.05) is 44.5 Å². The number of halogens is 7. The normalized spacial score (nSPS) is 19.3. The number of nitrogens with zero attached hydrogens (tertiary/aromatic N) is 1. The van der Waals surface area contributed by atoms with Crippen molar-refractivity contribution in [3.05, 3.63) is 64.2 Å². The molecule has 0 aliphatic carbocycles. The Balaban J connectivity index is 1.88. The number of amides is 1. The number of nitrogens with one attached hydrogen (secondary N) is 2. The second-order valence-corrected chi connectivity index (χ2v) is 11.4. The van der Waals surface area contributed by atoms with Gasteiger partial charge in [-0.3, -0.25) is 4.79 Å². The van der Waals surface area contributed by atoms with E-state index in [4.69, 9.17) is 23.8 Å². The molecule has 4 nitrogen and oxygen atoms in total. The van der Waals surface area contributed by atoms with Crippen LogP contribution in [0.2, 0.25) is 5.02 Å². The van der Waals surface area contributed by atoms with Gasteiger partial charge in [-0.05, 0) is 73.3 Å². The van der Waals surface area contributed by atoms with Crippen molar-refractivity contribution in [1.29, 1.82) is 0 Å². The molecule has 3 rings (SSSR count). The monoisotopic (exact) mass is 579 g/mol. The third-order valence-corrected chi connectivity index (χ3v) is 7.08. The molecule has 1 fully saturated rings. The first-order valence-corrected chi connectivity index (χ1v) is 12.6. The maximum Gasteiger partial charge on any atom is 0.416 e. The molecule has 1 aliphatic rings. The van der Waals surface area contributed by atoms with E-state index in [1.54, 1.807) is 37.8 Å². The Labute approximate surface area is 227 Å². The summed E-state index contributed by atoms with van der Waals surface area (Å²) in [7, 11) is 0. The van der Waals surface area contributed by atoms with E-state index in [-0.39, 0.29) is 17.1 Å². The molecule has 0 aromatic heterocycles. The van der Waals surface area contributed by atoms with Crippen LogP contribution < -0.4 is 10.6 Å². The minimum absolute atomic E-state index is 0.0358. The van der Waals surface area contributed by atoms with Gasteiger partial charge in [-0.2, -0.15) is 26.3 Å². The van der Waals surface area contributed by atoms with Gasteiger partial charge in [0.05, 0.1) is 16.7 Å². The maximum absolute atomic E-state index is 13.9. The van der Waals surface area contributed by atoms with E-state index in [9.17, 15) is 31.1 Å². The Morgan fingerprint density at radius 1 is 1.00 bits per heavy atom. The molecule has 0 unspecified atom stereocenters. The minimum Gasteiger partial charge on any atom is -0.350 e. The predicted molar refractivity (Wildman–Crippen MR) is 139 cm³/mol. The second kappa shape index (κ2) is 10.6. The van der Waals surface area contributed by atoms with Gasteiger partial charge < -0.3 is 15.5 Å². The molecule has 0 spiro atoms. The molecule has 12 heteroatoms. The lowest BCUT2D eigenvalue weighted by Gasteiger charge is -2.41. The SMILES string of the molecule is CC(C)(C)[C@H](NC(=S)Nc1cc(C(F)(F)F)cc(C(F)(F)F)c1)C(=O)N1CCC[C@]1(C)c1ccc(Cl)cc1. The average Bonchev–Trinajstić information content (AvgIpc) is 3.18. The number of likely N-dealkylation sites (tertiary alicyclic amines) is 1. The van der Waals surface area contributed by atoms with Gasteiger partial charge >= 0.3 is 12.4 Å². The molecular formula is C26H28ClF6N3OS. The average molecular weight is 580 g/mol. The van der Waals surface area contributed by atoms with Gasteiger partial charge in [0.1, 0.15) is 6.04 Å². The van der Waals surface area contributed by atoms with Crippen LogP contribution in [-0.4, -0.2) is 28.5 Å². The summed E-state index contributed by atoms with van der Waals surface area (Å²) in [5.74, 6) is -0.295. The van der Waals surface area contributed by atoms with Gasteiger partial charge in [0, 0.05) is 17.3 Å². The van der Waals surface area contributed by atoms with Crippen LogP contribution in [0.25, 0.3) is 0 Å². The lowest BCUT2D eigenvalue weighted by molar-refractivity contribution is -0.143. The van der Waals surface area contributed by atoms with Crippen LogP contribution >= 0.6 is 23.8 Å². The quantitative estimate of drug-likeness (QED) is 0.289. The molecule has 2 atom stereocenters. The third-order valence-electron chi connectivity index (χ3n) is 6.61. The zero-order valence-corrected chi connectivity index (χ0v) is 22.7. The molecule has 0 bridgehead atoms. The number of carbonyl (C=O) groups is 1. The molecule has 1 amide bonds. The summed E-state index contributed by atoms with van der Waals surface area (Å²) in [4.78, 5) is 15.6. The van der Waals surface area contributed by atoms with Crippen LogP contribution in [0.1, 0.15) is 57.2 Å². The Morgan fingerprint density at radius 2 is 1.53 bits per heavy atom. The number of alkyl halides is 6. The summed E-state index contributed by atoms with van der Waals surface area (Å²) < 4.78 is 79.5. The van der Waals surface area contributed by atoms with Crippen LogP contribution in [0.3, 0.4) is 0 Å². The molecule has 1 heterocycles. The van der Waals surface area contributed by atoms with E-state index in [0.29, 0.717) is 30.1 Å². The van der Waals surface area contributed by atoms with Crippen molar-refractivity contribution in [2.45, 2.75) is 64.5 Å². The number of anilines is 1. The molecule has 2 aromatic rings. The fraction of sp³-hybridized carbons (Fsp3) is 0.462. The molecule has 0 radical (unpaired) electrons. The lowest BCUT2D eigenvalue weighted by Crippen LogP contribution is -2.58. The van der Waals surface area contributed by atoms with Crippen LogP contribution in [0.5, 0.6) is 0 Å². The van der Waals surface area contributed by atoms with Crippen molar-refractivity contribution >= 4 is 40.5 Å². The van der Waals surface area contributed by atoms with Gasteiger partial charge in [0.2, 0.25) is 5.91 Å². The summed E-state index contributed by atoms with van der Waals surface area (Å²) in [6, 6.07) is 7.37. The summed E-state index contributed by atoms with van der Waals surface area (Å²) >= 11 is 11.3. The van der Waals surface area contributed by atoms with Crippen molar-refractivity contribution in [2.75, 3.05) is 11.9 Å². The molecule has 1 saturated heterocycles. The van der Waals surface area contributed by atoms with Crippen LogP contribution in [-0.2, 0) is 22.7 Å². The molecule has 0 saturated carbocycles. The smallest absolute Gasteiger partial charge is 0.350 e. The summed E-state index contributed by atoms with van der Waals surface area (Å²) in [5, 5.41) is 5.53. The summed E-state index contributed by atoms with van der Waals surface area (Å²) in [5.41, 5.74) is -3.91. The Bertz CT molecular complexity index is 1160.